The summed E-state index contributed by atoms with van der Waals surface area (Å²) in [5.74, 6) is -0.303. The van der Waals surface area contributed by atoms with Crippen molar-refractivity contribution in [2.75, 3.05) is 7.11 Å². The van der Waals surface area contributed by atoms with Crippen molar-refractivity contribution in [2.24, 2.45) is 0 Å². The summed E-state index contributed by atoms with van der Waals surface area (Å²) in [4.78, 5) is 4.15. The number of nitrogens with zero attached hydrogens (tertiary/aromatic N) is 2. The number of ether oxygens (including phenoxy) is 1. The van der Waals surface area contributed by atoms with Gasteiger partial charge < -0.3 is 4.74 Å². The Balaban J connectivity index is 2.57. The van der Waals surface area contributed by atoms with Crippen molar-refractivity contribution in [3.8, 4) is 23.1 Å². The predicted molar refractivity (Wildman–Crippen MR) is 70.6 cm³/mol. The molecule has 0 amide bonds. The lowest BCUT2D eigenvalue weighted by Crippen LogP contribution is -1.94. The van der Waals surface area contributed by atoms with Crippen LogP contribution >= 0.6 is 11.6 Å². The smallest absolute Gasteiger partial charge is 0.165 e. The van der Waals surface area contributed by atoms with E-state index in [-0.39, 0.29) is 10.9 Å². The molecule has 0 aliphatic heterocycles. The van der Waals surface area contributed by atoms with Gasteiger partial charge in [0.1, 0.15) is 11.2 Å². The molecular formula is C14H10ClFN2O. The molecule has 0 fully saturated rings. The van der Waals surface area contributed by atoms with E-state index in [1.807, 2.05) is 6.07 Å². The molecule has 2 rings (SSSR count). The van der Waals surface area contributed by atoms with E-state index in [9.17, 15) is 4.39 Å². The van der Waals surface area contributed by atoms with Gasteiger partial charge in [0, 0.05) is 5.56 Å². The molecule has 3 nitrogen and oxygen atoms in total. The highest BCUT2D eigenvalue weighted by Gasteiger charge is 2.11. The number of benzene rings is 1. The molecule has 0 spiro atoms. The largest absolute Gasteiger partial charge is 0.494 e. The Morgan fingerprint density at radius 3 is 2.68 bits per heavy atom. The zero-order valence-electron chi connectivity index (χ0n) is 10.4. The highest BCUT2D eigenvalue weighted by Crippen LogP contribution is 2.28. The molecule has 5 heteroatoms. The van der Waals surface area contributed by atoms with Gasteiger partial charge in [0.05, 0.1) is 18.4 Å². The van der Waals surface area contributed by atoms with Crippen molar-refractivity contribution in [1.29, 1.82) is 5.26 Å². The van der Waals surface area contributed by atoms with Crippen LogP contribution in [0.4, 0.5) is 4.39 Å². The minimum atomic E-state index is -0.471. The van der Waals surface area contributed by atoms with Gasteiger partial charge in [0.2, 0.25) is 0 Å². The van der Waals surface area contributed by atoms with Crippen LogP contribution in [0.2, 0.25) is 5.15 Å². The minimum Gasteiger partial charge on any atom is -0.494 e. The summed E-state index contributed by atoms with van der Waals surface area (Å²) in [6, 6.07) is 8.14. The molecule has 0 bridgehead atoms. The molecule has 19 heavy (non-hydrogen) atoms. The molecule has 0 N–H and O–H groups in total. The molecule has 1 aromatic heterocycles. The highest BCUT2D eigenvalue weighted by atomic mass is 35.5. The summed E-state index contributed by atoms with van der Waals surface area (Å²) >= 11 is 5.90. The van der Waals surface area contributed by atoms with E-state index >= 15 is 0 Å². The number of aryl methyl sites for hydroxylation is 1. The second-order valence-electron chi connectivity index (χ2n) is 3.95. The van der Waals surface area contributed by atoms with Crippen molar-refractivity contribution in [3.63, 3.8) is 0 Å². The fraction of sp³-hybridized carbons (Fsp3) is 0.143. The lowest BCUT2D eigenvalue weighted by molar-refractivity contribution is 0.386. The number of nitriles is 1. The first-order valence-electron chi connectivity index (χ1n) is 5.48. The Labute approximate surface area is 115 Å². The van der Waals surface area contributed by atoms with Crippen LogP contribution in [0.15, 0.2) is 24.3 Å². The summed E-state index contributed by atoms with van der Waals surface area (Å²) in [5.41, 5.74) is 2.19. The Kier molecular flexibility index (Phi) is 3.68. The van der Waals surface area contributed by atoms with Crippen LogP contribution in [-0.2, 0) is 0 Å². The third-order valence-corrected chi connectivity index (χ3v) is 3.00. The standard InChI is InChI=1S/C14H10ClFN2O/c1-8-5-10(7-17)14(15)18-13(8)9-3-4-12(19-2)11(16)6-9/h3-6H,1-2H3. The molecule has 0 saturated carbocycles. The zero-order chi connectivity index (χ0) is 14.0. The molecule has 1 heterocycles. The fourth-order valence-corrected chi connectivity index (χ4v) is 1.96. The third kappa shape index (κ3) is 2.51. The Morgan fingerprint density at radius 1 is 1.37 bits per heavy atom. The van der Waals surface area contributed by atoms with Crippen LogP contribution in [0.25, 0.3) is 11.3 Å². The second kappa shape index (κ2) is 5.25. The Hall–Kier alpha value is -2.12. The summed E-state index contributed by atoms with van der Waals surface area (Å²) in [5, 5.41) is 8.98. The molecule has 96 valence electrons. The van der Waals surface area contributed by atoms with E-state index in [0.717, 1.165) is 5.56 Å². The molecule has 0 saturated heterocycles. The molecule has 1 aromatic carbocycles. The zero-order valence-corrected chi connectivity index (χ0v) is 11.1. The maximum atomic E-state index is 13.7. The molecule has 0 unspecified atom stereocenters. The third-order valence-electron chi connectivity index (χ3n) is 2.71. The van der Waals surface area contributed by atoms with Gasteiger partial charge in [-0.25, -0.2) is 9.37 Å². The topological polar surface area (TPSA) is 45.9 Å². The van der Waals surface area contributed by atoms with Gasteiger partial charge >= 0.3 is 0 Å². The number of methoxy groups -OCH3 is 1. The van der Waals surface area contributed by atoms with Gasteiger partial charge in [-0.15, -0.1) is 0 Å². The number of halogens is 2. The minimum absolute atomic E-state index is 0.110. The lowest BCUT2D eigenvalue weighted by Gasteiger charge is -2.08. The van der Waals surface area contributed by atoms with Gasteiger partial charge in [-0.1, -0.05) is 11.6 Å². The van der Waals surface area contributed by atoms with Crippen molar-refractivity contribution in [2.45, 2.75) is 6.92 Å². The lowest BCUT2D eigenvalue weighted by atomic mass is 10.1. The van der Waals surface area contributed by atoms with Gasteiger partial charge in [-0.2, -0.15) is 5.26 Å². The Bertz CT molecular complexity index is 680. The summed E-state index contributed by atoms with van der Waals surface area (Å²) < 4.78 is 18.5. The summed E-state index contributed by atoms with van der Waals surface area (Å²) in [6.07, 6.45) is 0. The van der Waals surface area contributed by atoms with Crippen molar-refractivity contribution < 1.29 is 9.13 Å². The average molecular weight is 277 g/mol. The fourth-order valence-electron chi connectivity index (χ4n) is 1.78. The van der Waals surface area contributed by atoms with E-state index in [1.54, 1.807) is 19.1 Å². The normalized spacial score (nSPS) is 10.1. The second-order valence-corrected chi connectivity index (χ2v) is 4.31. The first-order chi connectivity index (χ1) is 9.06. The summed E-state index contributed by atoms with van der Waals surface area (Å²) in [6.45, 7) is 1.79. The molecule has 0 radical (unpaired) electrons. The first kappa shape index (κ1) is 13.3. The number of hydrogen-bond donors (Lipinski definition) is 0. The Morgan fingerprint density at radius 2 is 2.11 bits per heavy atom. The number of pyridine rings is 1. The van der Waals surface area contributed by atoms with E-state index in [2.05, 4.69) is 4.98 Å². The maximum absolute atomic E-state index is 13.7. The monoisotopic (exact) mass is 276 g/mol. The van der Waals surface area contributed by atoms with E-state index in [1.165, 1.54) is 19.2 Å². The summed E-state index contributed by atoms with van der Waals surface area (Å²) in [7, 11) is 1.40. The molecule has 0 atom stereocenters. The van der Waals surface area contributed by atoms with Crippen LogP contribution in [0, 0.1) is 24.1 Å². The van der Waals surface area contributed by atoms with E-state index in [0.29, 0.717) is 16.8 Å². The molecule has 0 aliphatic rings. The quantitative estimate of drug-likeness (QED) is 0.785. The van der Waals surface area contributed by atoms with Crippen LogP contribution in [0.5, 0.6) is 5.75 Å². The van der Waals surface area contributed by atoms with Crippen LogP contribution < -0.4 is 4.74 Å². The number of hydrogen-bond acceptors (Lipinski definition) is 3. The molecular weight excluding hydrogens is 267 g/mol. The van der Waals surface area contributed by atoms with Crippen molar-refractivity contribution in [3.05, 3.63) is 46.4 Å². The van der Waals surface area contributed by atoms with Gasteiger partial charge in [0.15, 0.2) is 11.6 Å². The van der Waals surface area contributed by atoms with Crippen LogP contribution in [0.1, 0.15) is 11.1 Å². The van der Waals surface area contributed by atoms with E-state index in [4.69, 9.17) is 21.6 Å². The van der Waals surface area contributed by atoms with E-state index < -0.39 is 5.82 Å². The van der Waals surface area contributed by atoms with Crippen molar-refractivity contribution in [1.82, 2.24) is 4.98 Å². The van der Waals surface area contributed by atoms with Crippen LogP contribution in [-0.4, -0.2) is 12.1 Å². The molecule has 2 aromatic rings. The predicted octanol–water partition coefficient (Wildman–Crippen LogP) is 3.73. The molecule has 0 aliphatic carbocycles. The maximum Gasteiger partial charge on any atom is 0.165 e. The average Bonchev–Trinajstić information content (AvgIpc) is 2.40. The van der Waals surface area contributed by atoms with Crippen molar-refractivity contribution >= 4 is 11.6 Å². The first-order valence-corrected chi connectivity index (χ1v) is 5.85. The SMILES string of the molecule is COc1ccc(-c2nc(Cl)c(C#N)cc2C)cc1F. The van der Waals surface area contributed by atoms with Gasteiger partial charge in [-0.3, -0.25) is 0 Å². The van der Waals surface area contributed by atoms with Gasteiger partial charge in [-0.05, 0) is 36.8 Å². The number of rotatable bonds is 2. The van der Waals surface area contributed by atoms with Crippen LogP contribution in [0.3, 0.4) is 0 Å². The van der Waals surface area contributed by atoms with Gasteiger partial charge in [0.25, 0.3) is 0 Å². The number of aromatic nitrogens is 1. The highest BCUT2D eigenvalue weighted by molar-refractivity contribution is 6.30.